The van der Waals surface area contributed by atoms with Crippen LogP contribution in [0, 0.1) is 20.2 Å². The minimum Gasteiger partial charge on any atom is -0.489 e. The Morgan fingerprint density at radius 1 is 0.732 bits per heavy atom. The van der Waals surface area contributed by atoms with E-state index in [4.69, 9.17) is 14.6 Å². The Balaban J connectivity index is 1.65. The highest BCUT2D eigenvalue weighted by Crippen LogP contribution is 2.35. The van der Waals surface area contributed by atoms with Gasteiger partial charge in [-0.1, -0.05) is 30.3 Å². The van der Waals surface area contributed by atoms with Gasteiger partial charge in [-0.15, -0.1) is 0 Å². The maximum absolute atomic E-state index is 13.4. The fourth-order valence-electron chi connectivity index (χ4n) is 3.52. The van der Waals surface area contributed by atoms with Gasteiger partial charge in [-0.05, 0) is 42.0 Å². The summed E-state index contributed by atoms with van der Waals surface area (Å²) < 4.78 is 64.2. The van der Waals surface area contributed by atoms with Crippen molar-refractivity contribution in [3.63, 3.8) is 0 Å². The second-order valence-corrected chi connectivity index (χ2v) is 11.5. The molecule has 0 bridgehead atoms. The van der Waals surface area contributed by atoms with E-state index in [0.717, 1.165) is 35.9 Å². The molecule has 41 heavy (non-hydrogen) atoms. The molecule has 0 fully saturated rings. The van der Waals surface area contributed by atoms with Crippen molar-refractivity contribution >= 4 is 37.1 Å². The SMILES string of the molecule is NS(=O)(=O)c1cc([N+](=O)[O-])ccc1NS(=O)(=O)c1cc([N+](=O)[O-])ccc1Oc1ccc(OCc2ccccc2)cc1. The van der Waals surface area contributed by atoms with E-state index < -0.39 is 56.7 Å². The first kappa shape index (κ1) is 28.9. The Bertz CT molecular complexity index is 1830. The summed E-state index contributed by atoms with van der Waals surface area (Å²) in [6, 6.07) is 20.6. The molecule has 14 nitrogen and oxygen atoms in total. The molecular formula is C25H20N4O10S2. The Hall–Kier alpha value is -5.06. The van der Waals surface area contributed by atoms with Gasteiger partial charge in [-0.2, -0.15) is 0 Å². The lowest BCUT2D eigenvalue weighted by atomic mass is 10.2. The zero-order valence-corrected chi connectivity index (χ0v) is 22.4. The van der Waals surface area contributed by atoms with Crippen molar-refractivity contribution < 1.29 is 36.2 Å². The standard InChI is InChI=1S/C25H20N4O10S2/c26-40(34,35)24-14-18(28(30)31)6-12-22(24)27-41(36,37)25-15-19(29(32)33)7-13-23(25)39-21-10-8-20(9-11-21)38-16-17-4-2-1-3-5-17/h1-15,27H,16H2,(H2,26,34,35). The van der Waals surface area contributed by atoms with Gasteiger partial charge < -0.3 is 9.47 Å². The van der Waals surface area contributed by atoms with E-state index in [2.05, 4.69) is 0 Å². The Morgan fingerprint density at radius 2 is 1.29 bits per heavy atom. The van der Waals surface area contributed by atoms with Crippen molar-refractivity contribution in [2.45, 2.75) is 16.4 Å². The number of rotatable bonds is 11. The number of hydrogen-bond acceptors (Lipinski definition) is 10. The van der Waals surface area contributed by atoms with Crippen LogP contribution in [0.15, 0.2) is 101 Å². The second-order valence-electron chi connectivity index (χ2n) is 8.32. The predicted octanol–water partition coefficient (Wildman–Crippen LogP) is 4.32. The molecule has 0 radical (unpaired) electrons. The number of sulfonamides is 2. The molecule has 0 aliphatic carbocycles. The maximum Gasteiger partial charge on any atom is 0.271 e. The smallest absolute Gasteiger partial charge is 0.271 e. The predicted molar refractivity (Wildman–Crippen MR) is 146 cm³/mol. The molecule has 0 spiro atoms. The van der Waals surface area contributed by atoms with E-state index in [9.17, 15) is 37.1 Å². The van der Waals surface area contributed by atoms with Gasteiger partial charge in [-0.25, -0.2) is 22.0 Å². The molecule has 4 aromatic rings. The number of anilines is 1. The molecule has 4 aromatic carbocycles. The molecule has 0 unspecified atom stereocenters. The summed E-state index contributed by atoms with van der Waals surface area (Å²) in [5.74, 6) is 0.316. The fourth-order valence-corrected chi connectivity index (χ4v) is 5.52. The topological polar surface area (TPSA) is 211 Å². The monoisotopic (exact) mass is 600 g/mol. The largest absolute Gasteiger partial charge is 0.489 e. The first-order valence-electron chi connectivity index (χ1n) is 11.4. The highest BCUT2D eigenvalue weighted by molar-refractivity contribution is 7.93. The number of nitrogens with two attached hydrogens (primary N) is 1. The van der Waals surface area contributed by atoms with Crippen LogP contribution < -0.4 is 19.3 Å². The van der Waals surface area contributed by atoms with E-state index in [0.29, 0.717) is 18.4 Å². The van der Waals surface area contributed by atoms with Crippen LogP contribution in [0.3, 0.4) is 0 Å². The molecule has 0 aliphatic rings. The normalized spacial score (nSPS) is 11.4. The van der Waals surface area contributed by atoms with Gasteiger partial charge in [-0.3, -0.25) is 25.0 Å². The number of non-ortho nitro benzene ring substituents is 2. The molecule has 0 amide bonds. The summed E-state index contributed by atoms with van der Waals surface area (Å²) in [5.41, 5.74) is -0.930. The minimum absolute atomic E-state index is 0.155. The Labute approximate surface area is 233 Å². The van der Waals surface area contributed by atoms with Crippen molar-refractivity contribution in [3.8, 4) is 17.2 Å². The molecule has 4 rings (SSSR count). The average molecular weight is 601 g/mol. The summed E-state index contributed by atoms with van der Waals surface area (Å²) in [6.45, 7) is 0.306. The summed E-state index contributed by atoms with van der Waals surface area (Å²) in [7, 11) is -9.41. The van der Waals surface area contributed by atoms with Gasteiger partial charge in [0.25, 0.3) is 21.4 Å². The van der Waals surface area contributed by atoms with Crippen LogP contribution in [0.5, 0.6) is 17.2 Å². The highest BCUT2D eigenvalue weighted by atomic mass is 32.2. The van der Waals surface area contributed by atoms with Crippen LogP contribution in [-0.4, -0.2) is 26.7 Å². The number of benzene rings is 4. The van der Waals surface area contributed by atoms with Crippen molar-refractivity contribution in [1.29, 1.82) is 0 Å². The van der Waals surface area contributed by atoms with E-state index in [1.54, 1.807) is 12.1 Å². The van der Waals surface area contributed by atoms with Crippen LogP contribution in [0.25, 0.3) is 0 Å². The van der Waals surface area contributed by atoms with Crippen molar-refractivity contribution in [2.75, 3.05) is 4.72 Å². The van der Waals surface area contributed by atoms with E-state index >= 15 is 0 Å². The van der Waals surface area contributed by atoms with Crippen LogP contribution in [0.4, 0.5) is 17.1 Å². The molecule has 0 aromatic heterocycles. The average Bonchev–Trinajstić information content (AvgIpc) is 2.92. The highest BCUT2D eigenvalue weighted by Gasteiger charge is 2.27. The molecule has 212 valence electrons. The van der Waals surface area contributed by atoms with Crippen LogP contribution in [0.2, 0.25) is 0 Å². The first-order valence-corrected chi connectivity index (χ1v) is 14.4. The molecule has 0 saturated heterocycles. The number of nitro benzene ring substituents is 2. The lowest BCUT2D eigenvalue weighted by molar-refractivity contribution is -0.385. The summed E-state index contributed by atoms with van der Waals surface area (Å²) in [5, 5.41) is 27.6. The van der Waals surface area contributed by atoms with Gasteiger partial charge in [0.15, 0.2) is 0 Å². The lowest BCUT2D eigenvalue weighted by Crippen LogP contribution is -2.19. The first-order chi connectivity index (χ1) is 19.3. The quantitative estimate of drug-likeness (QED) is 0.184. The molecule has 0 atom stereocenters. The van der Waals surface area contributed by atoms with E-state index in [1.807, 2.05) is 35.1 Å². The second kappa shape index (κ2) is 11.6. The van der Waals surface area contributed by atoms with Gasteiger partial charge in [0.1, 0.15) is 33.6 Å². The molecule has 3 N–H and O–H groups in total. The third kappa shape index (κ3) is 7.13. The summed E-state index contributed by atoms with van der Waals surface area (Å²) >= 11 is 0. The van der Waals surface area contributed by atoms with E-state index in [1.165, 1.54) is 12.1 Å². The zero-order valence-electron chi connectivity index (χ0n) is 20.7. The number of nitrogens with one attached hydrogen (secondary N) is 1. The molecule has 0 heterocycles. The number of nitro groups is 2. The Kier molecular flexibility index (Phi) is 8.18. The maximum atomic E-state index is 13.4. The number of ether oxygens (including phenoxy) is 2. The number of nitrogens with zero attached hydrogens (tertiary/aromatic N) is 2. The van der Waals surface area contributed by atoms with Crippen LogP contribution in [0.1, 0.15) is 5.56 Å². The summed E-state index contributed by atoms with van der Waals surface area (Å²) in [4.78, 5) is 19.1. The Morgan fingerprint density at radius 3 is 1.88 bits per heavy atom. The zero-order chi connectivity index (χ0) is 29.8. The van der Waals surface area contributed by atoms with Gasteiger partial charge >= 0.3 is 0 Å². The van der Waals surface area contributed by atoms with Gasteiger partial charge in [0, 0.05) is 24.3 Å². The van der Waals surface area contributed by atoms with Crippen molar-refractivity contribution in [2.24, 2.45) is 5.14 Å². The number of hydrogen-bond donors (Lipinski definition) is 2. The third-order valence-electron chi connectivity index (χ3n) is 5.45. The molecule has 0 saturated carbocycles. The van der Waals surface area contributed by atoms with Crippen LogP contribution in [-0.2, 0) is 26.7 Å². The lowest BCUT2D eigenvalue weighted by Gasteiger charge is -2.15. The fraction of sp³-hybridized carbons (Fsp3) is 0.0400. The van der Waals surface area contributed by atoms with Crippen LogP contribution >= 0.6 is 0 Å². The molecule has 0 aliphatic heterocycles. The number of primary sulfonamides is 1. The third-order valence-corrected chi connectivity index (χ3v) is 7.79. The van der Waals surface area contributed by atoms with Gasteiger partial charge in [0.2, 0.25) is 10.0 Å². The van der Waals surface area contributed by atoms with Gasteiger partial charge in [0.05, 0.1) is 15.5 Å². The van der Waals surface area contributed by atoms with Crippen molar-refractivity contribution in [1.82, 2.24) is 0 Å². The molecular weight excluding hydrogens is 580 g/mol. The summed E-state index contributed by atoms with van der Waals surface area (Å²) in [6.07, 6.45) is 0. The molecule has 16 heteroatoms. The van der Waals surface area contributed by atoms with E-state index in [-0.39, 0.29) is 11.5 Å². The minimum atomic E-state index is -4.78. The van der Waals surface area contributed by atoms with Crippen molar-refractivity contribution in [3.05, 3.63) is 117 Å².